The molecule has 2 rings (SSSR count). The van der Waals surface area contributed by atoms with Gasteiger partial charge in [0.1, 0.15) is 0 Å². The van der Waals surface area contributed by atoms with Crippen molar-refractivity contribution in [3.05, 3.63) is 0 Å². The standard InChI is InChI=1S/C16H31NO/c1-2-3-4-5-9-15-11-10-14-8-6-7-12-16(14,13-18)17-15/h14-15,17-18H,2-13H2,1H3/t14-,15-,16-/m0/s1. The van der Waals surface area contributed by atoms with Crippen LogP contribution in [0.4, 0.5) is 0 Å². The van der Waals surface area contributed by atoms with Gasteiger partial charge >= 0.3 is 0 Å². The van der Waals surface area contributed by atoms with E-state index in [4.69, 9.17) is 0 Å². The molecule has 2 N–H and O–H groups in total. The van der Waals surface area contributed by atoms with E-state index in [-0.39, 0.29) is 5.54 Å². The van der Waals surface area contributed by atoms with Gasteiger partial charge in [-0.1, -0.05) is 45.4 Å². The van der Waals surface area contributed by atoms with Crippen molar-refractivity contribution >= 4 is 0 Å². The first-order chi connectivity index (χ1) is 8.80. The minimum Gasteiger partial charge on any atom is -0.394 e. The van der Waals surface area contributed by atoms with E-state index in [1.54, 1.807) is 0 Å². The third-order valence-corrected chi connectivity index (χ3v) is 5.25. The molecule has 0 spiro atoms. The van der Waals surface area contributed by atoms with Crippen LogP contribution < -0.4 is 5.32 Å². The summed E-state index contributed by atoms with van der Waals surface area (Å²) < 4.78 is 0. The van der Waals surface area contributed by atoms with Crippen LogP contribution in [0.2, 0.25) is 0 Å². The summed E-state index contributed by atoms with van der Waals surface area (Å²) in [4.78, 5) is 0. The lowest BCUT2D eigenvalue weighted by Crippen LogP contribution is -2.62. The molecule has 1 aliphatic heterocycles. The second-order valence-corrected chi connectivity index (χ2v) is 6.52. The second-order valence-electron chi connectivity index (χ2n) is 6.52. The molecule has 0 radical (unpaired) electrons. The van der Waals surface area contributed by atoms with Crippen molar-refractivity contribution in [2.45, 2.75) is 89.1 Å². The average Bonchev–Trinajstić information content (AvgIpc) is 2.43. The van der Waals surface area contributed by atoms with E-state index in [0.717, 1.165) is 5.92 Å². The van der Waals surface area contributed by atoms with Crippen molar-refractivity contribution < 1.29 is 5.11 Å². The van der Waals surface area contributed by atoms with E-state index < -0.39 is 0 Å². The van der Waals surface area contributed by atoms with Gasteiger partial charge in [0.25, 0.3) is 0 Å². The zero-order valence-corrected chi connectivity index (χ0v) is 12.1. The molecule has 106 valence electrons. The third-order valence-electron chi connectivity index (χ3n) is 5.25. The highest BCUT2D eigenvalue weighted by Crippen LogP contribution is 2.40. The Labute approximate surface area is 113 Å². The summed E-state index contributed by atoms with van der Waals surface area (Å²) in [6, 6.07) is 0.670. The first kappa shape index (κ1) is 14.3. The van der Waals surface area contributed by atoms with Gasteiger partial charge in [0, 0.05) is 11.6 Å². The van der Waals surface area contributed by atoms with Gasteiger partial charge in [-0.05, 0) is 38.0 Å². The van der Waals surface area contributed by atoms with Gasteiger partial charge in [0.2, 0.25) is 0 Å². The topological polar surface area (TPSA) is 32.3 Å². The van der Waals surface area contributed by atoms with E-state index >= 15 is 0 Å². The van der Waals surface area contributed by atoms with Crippen LogP contribution in [0.25, 0.3) is 0 Å². The van der Waals surface area contributed by atoms with Crippen molar-refractivity contribution in [3.8, 4) is 0 Å². The second kappa shape index (κ2) is 6.91. The molecule has 1 saturated carbocycles. The van der Waals surface area contributed by atoms with Crippen LogP contribution in [0.1, 0.15) is 77.6 Å². The fraction of sp³-hybridized carbons (Fsp3) is 1.00. The number of nitrogens with one attached hydrogen (secondary N) is 1. The van der Waals surface area contributed by atoms with Crippen LogP contribution in [-0.4, -0.2) is 23.3 Å². The van der Waals surface area contributed by atoms with Gasteiger partial charge < -0.3 is 10.4 Å². The smallest absolute Gasteiger partial charge is 0.0616 e. The molecule has 0 unspecified atom stereocenters. The summed E-state index contributed by atoms with van der Waals surface area (Å²) in [6.07, 6.45) is 14.6. The lowest BCUT2D eigenvalue weighted by molar-refractivity contribution is 0.0218. The van der Waals surface area contributed by atoms with E-state index in [2.05, 4.69) is 12.2 Å². The van der Waals surface area contributed by atoms with Gasteiger partial charge in [-0.2, -0.15) is 0 Å². The largest absolute Gasteiger partial charge is 0.394 e. The average molecular weight is 253 g/mol. The molecule has 18 heavy (non-hydrogen) atoms. The molecule has 1 aliphatic carbocycles. The zero-order chi connectivity index (χ0) is 12.8. The Hall–Kier alpha value is -0.0800. The van der Waals surface area contributed by atoms with E-state index in [0.29, 0.717) is 12.6 Å². The van der Waals surface area contributed by atoms with Crippen molar-refractivity contribution in [3.63, 3.8) is 0 Å². The van der Waals surface area contributed by atoms with Crippen LogP contribution in [0, 0.1) is 5.92 Å². The van der Waals surface area contributed by atoms with E-state index in [1.165, 1.54) is 70.6 Å². The molecule has 0 aromatic carbocycles. The highest BCUT2D eigenvalue weighted by Gasteiger charge is 2.43. The monoisotopic (exact) mass is 253 g/mol. The first-order valence-corrected chi connectivity index (χ1v) is 8.19. The summed E-state index contributed by atoms with van der Waals surface area (Å²) in [5.41, 5.74) is 0.0892. The molecule has 0 bridgehead atoms. The number of fused-ring (bicyclic) bond motifs is 1. The van der Waals surface area contributed by atoms with Gasteiger partial charge in [0.05, 0.1) is 6.61 Å². The van der Waals surface area contributed by atoms with Gasteiger partial charge in [-0.15, -0.1) is 0 Å². The van der Waals surface area contributed by atoms with Gasteiger partial charge in [0.15, 0.2) is 0 Å². The Morgan fingerprint density at radius 1 is 1.11 bits per heavy atom. The van der Waals surface area contributed by atoms with Gasteiger partial charge in [-0.25, -0.2) is 0 Å². The first-order valence-electron chi connectivity index (χ1n) is 8.19. The lowest BCUT2D eigenvalue weighted by Gasteiger charge is -2.50. The number of rotatable bonds is 6. The van der Waals surface area contributed by atoms with Crippen molar-refractivity contribution in [1.82, 2.24) is 5.32 Å². The van der Waals surface area contributed by atoms with Crippen LogP contribution in [0.5, 0.6) is 0 Å². The summed E-state index contributed by atoms with van der Waals surface area (Å²) in [5, 5.41) is 13.7. The predicted octanol–water partition coefficient (Wildman–Crippen LogP) is 3.63. The molecule has 2 heteroatoms. The molecule has 2 aliphatic rings. The maximum Gasteiger partial charge on any atom is 0.0616 e. The summed E-state index contributed by atoms with van der Waals surface area (Å²) >= 11 is 0. The minimum absolute atomic E-state index is 0.0892. The van der Waals surface area contributed by atoms with Crippen molar-refractivity contribution in [2.24, 2.45) is 5.92 Å². The van der Waals surface area contributed by atoms with Crippen LogP contribution >= 0.6 is 0 Å². The fourth-order valence-corrected chi connectivity index (χ4v) is 4.09. The molecule has 1 heterocycles. The van der Waals surface area contributed by atoms with Crippen molar-refractivity contribution in [2.75, 3.05) is 6.61 Å². The minimum atomic E-state index is 0.0892. The maximum atomic E-state index is 9.84. The highest BCUT2D eigenvalue weighted by molar-refractivity contribution is 5.02. The van der Waals surface area contributed by atoms with Crippen LogP contribution in [0.3, 0.4) is 0 Å². The molecular weight excluding hydrogens is 222 g/mol. The van der Waals surface area contributed by atoms with Crippen molar-refractivity contribution in [1.29, 1.82) is 0 Å². The number of unbranched alkanes of at least 4 members (excludes halogenated alkanes) is 3. The van der Waals surface area contributed by atoms with E-state index in [9.17, 15) is 5.11 Å². The van der Waals surface area contributed by atoms with E-state index in [1.807, 2.05) is 0 Å². The maximum absolute atomic E-state index is 9.84. The Morgan fingerprint density at radius 3 is 2.78 bits per heavy atom. The molecule has 2 fully saturated rings. The Balaban J connectivity index is 1.81. The number of hydrogen-bond donors (Lipinski definition) is 2. The molecule has 0 amide bonds. The number of hydrogen-bond acceptors (Lipinski definition) is 2. The zero-order valence-electron chi connectivity index (χ0n) is 12.1. The summed E-state index contributed by atoms with van der Waals surface area (Å²) in [5.74, 6) is 0.739. The molecular formula is C16H31NO. The molecule has 2 nitrogen and oxygen atoms in total. The number of aliphatic hydroxyl groups excluding tert-OH is 1. The SMILES string of the molecule is CCCCCC[C@H]1CC[C@@H]2CCCC[C@@]2(CO)N1. The third kappa shape index (κ3) is 3.27. The molecule has 0 aromatic rings. The Bertz CT molecular complexity index is 243. The molecule has 1 saturated heterocycles. The molecule has 0 aromatic heterocycles. The summed E-state index contributed by atoms with van der Waals surface area (Å²) in [7, 11) is 0. The van der Waals surface area contributed by atoms with Crippen LogP contribution in [0.15, 0.2) is 0 Å². The molecule has 3 atom stereocenters. The number of piperidine rings is 1. The fourth-order valence-electron chi connectivity index (χ4n) is 4.09. The number of aliphatic hydroxyl groups is 1. The predicted molar refractivity (Wildman–Crippen MR) is 76.7 cm³/mol. The van der Waals surface area contributed by atoms with Gasteiger partial charge in [-0.3, -0.25) is 0 Å². The Kier molecular flexibility index (Phi) is 5.50. The normalized spacial score (nSPS) is 36.3. The lowest BCUT2D eigenvalue weighted by atomic mass is 9.67. The quantitative estimate of drug-likeness (QED) is 0.709. The highest BCUT2D eigenvalue weighted by atomic mass is 16.3. The Morgan fingerprint density at radius 2 is 2.00 bits per heavy atom. The summed E-state index contributed by atoms with van der Waals surface area (Å²) in [6.45, 7) is 2.62. The van der Waals surface area contributed by atoms with Crippen LogP contribution in [-0.2, 0) is 0 Å².